The molecule has 0 aliphatic heterocycles. The number of nitrogens with one attached hydrogen (secondary N) is 1. The highest BCUT2D eigenvalue weighted by molar-refractivity contribution is 7.90. The molecule has 9 heteroatoms. The number of sulfone groups is 1. The highest BCUT2D eigenvalue weighted by atomic mass is 32.2. The van der Waals surface area contributed by atoms with E-state index in [0.29, 0.717) is 21.1 Å². The highest BCUT2D eigenvalue weighted by Gasteiger charge is 2.17. The first-order valence-corrected chi connectivity index (χ1v) is 10.3. The summed E-state index contributed by atoms with van der Waals surface area (Å²) in [5, 5.41) is 2.98. The molecule has 26 heavy (non-hydrogen) atoms. The van der Waals surface area contributed by atoms with Gasteiger partial charge in [0, 0.05) is 6.26 Å². The van der Waals surface area contributed by atoms with Gasteiger partial charge in [0.05, 0.1) is 15.1 Å². The van der Waals surface area contributed by atoms with Crippen molar-refractivity contribution in [2.75, 3.05) is 11.6 Å². The van der Waals surface area contributed by atoms with Crippen molar-refractivity contribution in [1.82, 2.24) is 4.98 Å². The third-order valence-electron chi connectivity index (χ3n) is 3.51. The topological polar surface area (TPSA) is 85.4 Å². The maximum absolute atomic E-state index is 12.9. The van der Waals surface area contributed by atoms with Crippen LogP contribution in [0.4, 0.5) is 9.52 Å². The lowest BCUT2D eigenvalue weighted by Gasteiger charge is -2.13. The van der Waals surface area contributed by atoms with E-state index < -0.39 is 27.7 Å². The Kier molecular flexibility index (Phi) is 4.92. The number of aromatic nitrogens is 1. The van der Waals surface area contributed by atoms with Crippen molar-refractivity contribution in [1.29, 1.82) is 0 Å². The van der Waals surface area contributed by atoms with Crippen molar-refractivity contribution >= 4 is 42.4 Å². The lowest BCUT2D eigenvalue weighted by atomic mass is 10.3. The van der Waals surface area contributed by atoms with Crippen LogP contribution in [-0.2, 0) is 14.6 Å². The van der Waals surface area contributed by atoms with Gasteiger partial charge in [-0.25, -0.2) is 17.8 Å². The Bertz CT molecular complexity index is 1060. The quantitative estimate of drug-likeness (QED) is 0.718. The van der Waals surface area contributed by atoms with Crippen molar-refractivity contribution < 1.29 is 22.3 Å². The zero-order valence-electron chi connectivity index (χ0n) is 13.9. The predicted molar refractivity (Wildman–Crippen MR) is 97.8 cm³/mol. The predicted octanol–water partition coefficient (Wildman–Crippen LogP) is 3.24. The minimum absolute atomic E-state index is 0.194. The average molecular weight is 394 g/mol. The Hall–Kier alpha value is -2.52. The van der Waals surface area contributed by atoms with Gasteiger partial charge in [-0.15, -0.1) is 0 Å². The average Bonchev–Trinajstić information content (AvgIpc) is 2.97. The Morgan fingerprint density at radius 3 is 2.58 bits per heavy atom. The van der Waals surface area contributed by atoms with Crippen LogP contribution in [0.2, 0.25) is 0 Å². The molecule has 0 radical (unpaired) electrons. The number of carbonyl (C=O) groups is 1. The fourth-order valence-electron chi connectivity index (χ4n) is 2.17. The molecule has 0 saturated carbocycles. The van der Waals surface area contributed by atoms with E-state index in [1.54, 1.807) is 13.0 Å². The van der Waals surface area contributed by atoms with E-state index in [1.165, 1.54) is 47.7 Å². The van der Waals surface area contributed by atoms with Crippen molar-refractivity contribution in [3.05, 3.63) is 48.3 Å². The van der Waals surface area contributed by atoms with Gasteiger partial charge in [0.1, 0.15) is 11.6 Å². The molecule has 2 aromatic carbocycles. The Morgan fingerprint density at radius 2 is 1.92 bits per heavy atom. The first-order valence-electron chi connectivity index (χ1n) is 7.56. The smallest absolute Gasteiger partial charge is 0.266 e. The lowest BCUT2D eigenvalue weighted by molar-refractivity contribution is -0.122. The van der Waals surface area contributed by atoms with E-state index in [0.717, 1.165) is 6.26 Å². The summed E-state index contributed by atoms with van der Waals surface area (Å²) in [6.45, 7) is 1.56. The Balaban J connectivity index is 1.73. The maximum atomic E-state index is 12.9. The summed E-state index contributed by atoms with van der Waals surface area (Å²) in [5.41, 5.74) is 0.588. The van der Waals surface area contributed by atoms with Crippen molar-refractivity contribution in [2.45, 2.75) is 17.9 Å². The van der Waals surface area contributed by atoms with Gasteiger partial charge in [-0.1, -0.05) is 11.3 Å². The van der Waals surface area contributed by atoms with E-state index >= 15 is 0 Å². The van der Waals surface area contributed by atoms with Crippen LogP contribution in [-0.4, -0.2) is 31.7 Å². The molecule has 3 rings (SSSR count). The zero-order chi connectivity index (χ0) is 18.9. The molecule has 0 aliphatic rings. The van der Waals surface area contributed by atoms with Crippen LogP contribution in [0.3, 0.4) is 0 Å². The number of amides is 1. The van der Waals surface area contributed by atoms with Crippen LogP contribution >= 0.6 is 11.3 Å². The normalized spacial score (nSPS) is 12.7. The number of anilines is 1. The first kappa shape index (κ1) is 18.3. The van der Waals surface area contributed by atoms with Crippen LogP contribution < -0.4 is 10.1 Å². The molecule has 0 bridgehead atoms. The summed E-state index contributed by atoms with van der Waals surface area (Å²) in [7, 11) is -3.31. The molecule has 1 unspecified atom stereocenters. The standard InChI is InChI=1S/C17H15FN2O4S2/c1-10(24-12-5-3-11(18)4-6-12)16(21)20-17-19-14-8-7-13(26(2,22)23)9-15(14)25-17/h3-10H,1-2H3,(H,19,20,21). The molecular weight excluding hydrogens is 379 g/mol. The molecule has 0 fully saturated rings. The van der Waals surface area contributed by atoms with E-state index in [2.05, 4.69) is 10.3 Å². The van der Waals surface area contributed by atoms with Gasteiger partial charge in [0.25, 0.3) is 5.91 Å². The Morgan fingerprint density at radius 1 is 1.23 bits per heavy atom. The number of nitrogens with zero attached hydrogens (tertiary/aromatic N) is 1. The zero-order valence-corrected chi connectivity index (χ0v) is 15.5. The van der Waals surface area contributed by atoms with Crippen LogP contribution in [0.25, 0.3) is 10.2 Å². The van der Waals surface area contributed by atoms with Gasteiger partial charge >= 0.3 is 0 Å². The Labute approximate surface area is 153 Å². The fourth-order valence-corrected chi connectivity index (χ4v) is 3.80. The number of hydrogen-bond acceptors (Lipinski definition) is 6. The van der Waals surface area contributed by atoms with Gasteiger partial charge < -0.3 is 4.74 Å². The van der Waals surface area contributed by atoms with Gasteiger partial charge in [-0.05, 0) is 49.4 Å². The second kappa shape index (κ2) is 7.00. The summed E-state index contributed by atoms with van der Waals surface area (Å²) < 4.78 is 42.2. The summed E-state index contributed by atoms with van der Waals surface area (Å²) in [5.74, 6) is -0.440. The highest BCUT2D eigenvalue weighted by Crippen LogP contribution is 2.28. The number of hydrogen-bond donors (Lipinski definition) is 1. The molecule has 3 aromatic rings. The van der Waals surface area contributed by atoms with E-state index in [9.17, 15) is 17.6 Å². The third kappa shape index (κ3) is 4.17. The number of benzene rings is 2. The van der Waals surface area contributed by atoms with Crippen molar-refractivity contribution in [2.24, 2.45) is 0 Å². The molecule has 1 amide bonds. The van der Waals surface area contributed by atoms with Crippen LogP contribution in [0.1, 0.15) is 6.92 Å². The van der Waals surface area contributed by atoms with Gasteiger partial charge in [-0.2, -0.15) is 0 Å². The molecule has 1 aromatic heterocycles. The molecule has 0 saturated heterocycles. The summed E-state index contributed by atoms with van der Waals surface area (Å²) >= 11 is 1.17. The monoisotopic (exact) mass is 394 g/mol. The summed E-state index contributed by atoms with van der Waals surface area (Å²) in [6.07, 6.45) is 0.311. The third-order valence-corrected chi connectivity index (χ3v) is 5.56. The SMILES string of the molecule is CC(Oc1ccc(F)cc1)C(=O)Nc1nc2ccc(S(C)(=O)=O)cc2s1. The summed E-state index contributed by atoms with van der Waals surface area (Å²) in [6, 6.07) is 9.95. The molecule has 1 atom stereocenters. The minimum atomic E-state index is -3.31. The molecule has 0 aliphatic carbocycles. The van der Waals surface area contributed by atoms with E-state index in [1.807, 2.05) is 0 Å². The van der Waals surface area contributed by atoms with Gasteiger partial charge in [0.15, 0.2) is 21.1 Å². The minimum Gasteiger partial charge on any atom is -0.481 e. The van der Waals surface area contributed by atoms with Crippen LogP contribution in [0.5, 0.6) is 5.75 Å². The van der Waals surface area contributed by atoms with Gasteiger partial charge in [-0.3, -0.25) is 10.1 Å². The first-order chi connectivity index (χ1) is 12.2. The van der Waals surface area contributed by atoms with Crippen molar-refractivity contribution in [3.63, 3.8) is 0 Å². The molecular formula is C17H15FN2O4S2. The lowest BCUT2D eigenvalue weighted by Crippen LogP contribution is -2.30. The number of thiazole rings is 1. The van der Waals surface area contributed by atoms with E-state index in [-0.39, 0.29) is 4.90 Å². The molecule has 136 valence electrons. The second-order valence-corrected chi connectivity index (χ2v) is 8.67. The van der Waals surface area contributed by atoms with Crippen LogP contribution in [0.15, 0.2) is 47.4 Å². The number of carbonyl (C=O) groups excluding carboxylic acids is 1. The molecule has 0 spiro atoms. The van der Waals surface area contributed by atoms with E-state index in [4.69, 9.17) is 4.74 Å². The molecule has 1 heterocycles. The molecule has 1 N–H and O–H groups in total. The molecule has 6 nitrogen and oxygen atoms in total. The number of halogens is 1. The van der Waals surface area contributed by atoms with Crippen molar-refractivity contribution in [3.8, 4) is 5.75 Å². The largest absolute Gasteiger partial charge is 0.481 e. The fraction of sp³-hybridized carbons (Fsp3) is 0.176. The maximum Gasteiger partial charge on any atom is 0.266 e. The van der Waals surface area contributed by atoms with Crippen LogP contribution in [0, 0.1) is 5.82 Å². The number of fused-ring (bicyclic) bond motifs is 1. The second-order valence-electron chi connectivity index (χ2n) is 5.62. The number of ether oxygens (including phenoxy) is 1. The summed E-state index contributed by atoms with van der Waals surface area (Å²) in [4.78, 5) is 16.7. The number of rotatable bonds is 5. The van der Waals surface area contributed by atoms with Gasteiger partial charge in [0.2, 0.25) is 0 Å².